The Kier molecular flexibility index (Phi) is 6.45. The molecule has 33 heavy (non-hydrogen) atoms. The summed E-state index contributed by atoms with van der Waals surface area (Å²) in [6.45, 7) is 0. The van der Waals surface area contributed by atoms with Crippen LogP contribution in [0.1, 0.15) is 23.0 Å². The molecule has 4 aromatic carbocycles. The van der Waals surface area contributed by atoms with Crippen molar-refractivity contribution in [3.05, 3.63) is 120 Å². The Hall–Kier alpha value is -2.72. The minimum atomic E-state index is -3.06. The topological polar surface area (TPSA) is 18.5 Å². The number of benzene rings is 4. The summed E-state index contributed by atoms with van der Waals surface area (Å²) in [5.41, 5.74) is 2.93. The zero-order valence-corrected chi connectivity index (χ0v) is 22.1. The molecule has 0 N–H and O–H groups in total. The molecule has 0 amide bonds. The van der Waals surface area contributed by atoms with E-state index in [4.69, 9.17) is 9.47 Å². The number of methoxy groups -OCH3 is 2. The van der Waals surface area contributed by atoms with E-state index in [0.717, 1.165) is 11.5 Å². The van der Waals surface area contributed by atoms with Gasteiger partial charge in [-0.2, -0.15) is 0 Å². The molecule has 1 aliphatic heterocycles. The molecule has 0 saturated carbocycles. The number of rotatable bonds is 6. The van der Waals surface area contributed by atoms with E-state index in [-0.39, 0.29) is 0 Å². The van der Waals surface area contributed by atoms with Crippen LogP contribution in [0, 0.1) is 0 Å². The van der Waals surface area contributed by atoms with E-state index in [1.807, 2.05) is 0 Å². The van der Waals surface area contributed by atoms with E-state index in [9.17, 15) is 0 Å². The molecule has 5 rings (SSSR count). The third kappa shape index (κ3) is 4.29. The van der Waals surface area contributed by atoms with Crippen LogP contribution in [0.25, 0.3) is 0 Å². The molecule has 0 unspecified atom stereocenters. The van der Waals surface area contributed by atoms with Gasteiger partial charge in [-0.05, 0) is 0 Å². The number of hydrogen-bond acceptors (Lipinski definition) is 2. The van der Waals surface area contributed by atoms with Crippen molar-refractivity contribution in [1.82, 2.24) is 0 Å². The zero-order chi connectivity index (χ0) is 22.7. The summed E-state index contributed by atoms with van der Waals surface area (Å²) in [6.07, 6.45) is 0. The van der Waals surface area contributed by atoms with Gasteiger partial charge in [0.1, 0.15) is 0 Å². The normalized spacial score (nSPS) is 19.2. The van der Waals surface area contributed by atoms with Crippen molar-refractivity contribution in [2.45, 2.75) is 20.7 Å². The van der Waals surface area contributed by atoms with Gasteiger partial charge in [-0.25, -0.2) is 0 Å². The molecule has 1 heterocycles. The SMILES string of the molecule is COc1cc[c]([Sn]2([c]3ccc(OC)cc3)[CH2][C@H](c3ccccc3)[C@@H](c3ccccc3)[CH2]2)cc1. The molecule has 0 bridgehead atoms. The summed E-state index contributed by atoms with van der Waals surface area (Å²) in [5, 5.41) is 0. The Labute approximate surface area is 201 Å². The summed E-state index contributed by atoms with van der Waals surface area (Å²) >= 11 is -3.06. The van der Waals surface area contributed by atoms with Crippen molar-refractivity contribution in [2.75, 3.05) is 14.2 Å². The first-order valence-electron chi connectivity index (χ1n) is 11.6. The van der Waals surface area contributed by atoms with Crippen molar-refractivity contribution < 1.29 is 9.47 Å². The van der Waals surface area contributed by atoms with E-state index < -0.39 is 18.4 Å². The van der Waals surface area contributed by atoms with Crippen LogP contribution >= 0.6 is 0 Å². The van der Waals surface area contributed by atoms with Gasteiger partial charge < -0.3 is 0 Å². The van der Waals surface area contributed by atoms with Crippen molar-refractivity contribution in [1.29, 1.82) is 0 Å². The Balaban J connectivity index is 1.67. The van der Waals surface area contributed by atoms with Crippen LogP contribution in [0.15, 0.2) is 109 Å². The molecule has 2 atom stereocenters. The average molecular weight is 541 g/mol. The second-order valence-electron chi connectivity index (χ2n) is 8.98. The van der Waals surface area contributed by atoms with Gasteiger partial charge in [-0.3, -0.25) is 0 Å². The van der Waals surface area contributed by atoms with Crippen LogP contribution in [-0.4, -0.2) is 32.6 Å². The van der Waals surface area contributed by atoms with E-state index in [2.05, 4.69) is 109 Å². The molecular formula is C30H30O2Sn. The van der Waals surface area contributed by atoms with Crippen LogP contribution < -0.4 is 16.6 Å². The Bertz CT molecular complexity index is 1070. The summed E-state index contributed by atoms with van der Waals surface area (Å²) in [7, 11) is 3.48. The molecule has 0 radical (unpaired) electrons. The summed E-state index contributed by atoms with van der Waals surface area (Å²) < 4.78 is 16.6. The molecule has 2 nitrogen and oxygen atoms in total. The molecule has 4 aromatic rings. The molecule has 3 heteroatoms. The van der Waals surface area contributed by atoms with E-state index in [1.54, 1.807) is 21.4 Å². The van der Waals surface area contributed by atoms with Crippen molar-refractivity contribution >= 4 is 25.5 Å². The fraction of sp³-hybridized carbons (Fsp3) is 0.200. The predicted molar refractivity (Wildman–Crippen MR) is 139 cm³/mol. The molecular weight excluding hydrogens is 511 g/mol. The maximum absolute atomic E-state index is 5.49. The molecule has 0 aliphatic carbocycles. The summed E-state index contributed by atoms with van der Waals surface area (Å²) in [6, 6.07) is 40.2. The molecule has 166 valence electrons. The third-order valence-corrected chi connectivity index (χ3v) is 22.1. The molecule has 0 spiro atoms. The predicted octanol–water partition coefficient (Wildman–Crippen LogP) is 5.85. The van der Waals surface area contributed by atoms with E-state index in [1.165, 1.54) is 20.0 Å². The van der Waals surface area contributed by atoms with Gasteiger partial charge in [-0.15, -0.1) is 0 Å². The minimum absolute atomic E-state index is 0.522. The molecule has 1 saturated heterocycles. The first kappa shape index (κ1) is 22.1. The molecule has 1 aliphatic rings. The van der Waals surface area contributed by atoms with Gasteiger partial charge in [0, 0.05) is 0 Å². The van der Waals surface area contributed by atoms with Gasteiger partial charge in [0.25, 0.3) is 0 Å². The second kappa shape index (κ2) is 9.64. The Morgan fingerprint density at radius 2 is 0.879 bits per heavy atom. The summed E-state index contributed by atoms with van der Waals surface area (Å²) in [5.74, 6) is 2.89. The molecule has 1 fully saturated rings. The van der Waals surface area contributed by atoms with Crippen LogP contribution in [0.5, 0.6) is 11.5 Å². The first-order chi connectivity index (χ1) is 16.2. The van der Waals surface area contributed by atoms with Crippen molar-refractivity contribution in [3.63, 3.8) is 0 Å². The van der Waals surface area contributed by atoms with Gasteiger partial charge in [0.2, 0.25) is 0 Å². The van der Waals surface area contributed by atoms with Crippen LogP contribution in [0.3, 0.4) is 0 Å². The summed E-state index contributed by atoms with van der Waals surface area (Å²) in [4.78, 5) is 0. The van der Waals surface area contributed by atoms with Gasteiger partial charge >= 0.3 is 202 Å². The Morgan fingerprint density at radius 1 is 0.515 bits per heavy atom. The zero-order valence-electron chi connectivity index (χ0n) is 19.3. The van der Waals surface area contributed by atoms with Crippen molar-refractivity contribution in [2.24, 2.45) is 0 Å². The number of ether oxygens (including phenoxy) is 2. The third-order valence-electron chi connectivity index (χ3n) is 7.36. The van der Waals surface area contributed by atoms with Gasteiger partial charge in [0.05, 0.1) is 0 Å². The van der Waals surface area contributed by atoms with Crippen LogP contribution in [-0.2, 0) is 0 Å². The van der Waals surface area contributed by atoms with Gasteiger partial charge in [-0.1, -0.05) is 0 Å². The standard InChI is InChI=1S/C16H16.2C7H7O.Sn/c1-13(15-9-5-3-6-10-15)14(2)16-11-7-4-8-12-16;2*1-8-7-5-3-2-4-6-7;/h3-14H,1-2H2;2*3-6H,1H3;/t13-,14-;;;/m0.../s1. The van der Waals surface area contributed by atoms with Crippen LogP contribution in [0.4, 0.5) is 0 Å². The Morgan fingerprint density at radius 3 is 1.21 bits per heavy atom. The van der Waals surface area contributed by atoms with E-state index in [0.29, 0.717) is 11.8 Å². The van der Waals surface area contributed by atoms with Crippen LogP contribution in [0.2, 0.25) is 8.87 Å². The first-order valence-corrected chi connectivity index (χ1v) is 18.5. The number of hydrogen-bond donors (Lipinski definition) is 0. The average Bonchev–Trinajstić information content (AvgIpc) is 3.32. The van der Waals surface area contributed by atoms with Gasteiger partial charge in [0.15, 0.2) is 0 Å². The van der Waals surface area contributed by atoms with Crippen molar-refractivity contribution in [3.8, 4) is 11.5 Å². The second-order valence-corrected chi connectivity index (χ2v) is 20.8. The quantitative estimate of drug-likeness (QED) is 0.286. The fourth-order valence-electron chi connectivity index (χ4n) is 5.68. The maximum atomic E-state index is 5.49. The monoisotopic (exact) mass is 542 g/mol. The molecule has 0 aromatic heterocycles. The fourth-order valence-corrected chi connectivity index (χ4v) is 21.6. The van der Waals surface area contributed by atoms with E-state index >= 15 is 0 Å².